The first-order valence-corrected chi connectivity index (χ1v) is 5.53. The van der Waals surface area contributed by atoms with E-state index in [1.54, 1.807) is 18.2 Å². The average molecular weight is 259 g/mol. The third kappa shape index (κ3) is 2.63. The van der Waals surface area contributed by atoms with Crippen LogP contribution in [-0.4, -0.2) is 0 Å². The second-order valence-electron chi connectivity index (χ2n) is 4.12. The van der Waals surface area contributed by atoms with Gasteiger partial charge >= 0.3 is 0 Å². The summed E-state index contributed by atoms with van der Waals surface area (Å²) in [4.78, 5) is 0. The second-order valence-corrected chi connectivity index (χ2v) is 4.12. The molecule has 5 heteroatoms. The molecule has 0 radical (unpaired) electrons. The fourth-order valence-electron chi connectivity index (χ4n) is 1.66. The lowest BCUT2D eigenvalue weighted by atomic mass is 10.1. The molecule has 0 spiro atoms. The van der Waals surface area contributed by atoms with Crippen LogP contribution in [0.5, 0.6) is 0 Å². The lowest BCUT2D eigenvalue weighted by Gasteiger charge is -2.12. The number of hydrogen-bond acceptors (Lipinski definition) is 3. The molecule has 19 heavy (non-hydrogen) atoms. The van der Waals surface area contributed by atoms with Crippen molar-refractivity contribution < 1.29 is 8.78 Å². The van der Waals surface area contributed by atoms with Gasteiger partial charge in [-0.05, 0) is 30.7 Å². The van der Waals surface area contributed by atoms with E-state index in [0.717, 1.165) is 17.7 Å². The quantitative estimate of drug-likeness (QED) is 0.812. The van der Waals surface area contributed by atoms with Crippen LogP contribution in [0.15, 0.2) is 30.3 Å². The molecule has 0 bridgehead atoms. The van der Waals surface area contributed by atoms with Gasteiger partial charge in [-0.15, -0.1) is 0 Å². The fourth-order valence-corrected chi connectivity index (χ4v) is 1.66. The maximum Gasteiger partial charge on any atom is 0.151 e. The van der Waals surface area contributed by atoms with Gasteiger partial charge in [-0.2, -0.15) is 5.26 Å². The van der Waals surface area contributed by atoms with E-state index in [2.05, 4.69) is 5.32 Å². The van der Waals surface area contributed by atoms with Crippen molar-refractivity contribution in [1.29, 1.82) is 5.26 Å². The molecule has 2 aromatic carbocycles. The summed E-state index contributed by atoms with van der Waals surface area (Å²) in [6.45, 7) is 1.81. The molecule has 0 aliphatic heterocycles. The van der Waals surface area contributed by atoms with E-state index >= 15 is 0 Å². The normalized spacial score (nSPS) is 10.0. The first-order valence-electron chi connectivity index (χ1n) is 5.53. The number of aryl methyl sites for hydroxylation is 1. The zero-order valence-corrected chi connectivity index (χ0v) is 10.2. The van der Waals surface area contributed by atoms with Crippen molar-refractivity contribution in [1.82, 2.24) is 0 Å². The molecule has 3 nitrogen and oxygen atoms in total. The summed E-state index contributed by atoms with van der Waals surface area (Å²) >= 11 is 0. The number of nitrogens with two attached hydrogens (primary N) is 1. The van der Waals surface area contributed by atoms with Crippen molar-refractivity contribution in [2.75, 3.05) is 11.1 Å². The van der Waals surface area contributed by atoms with Crippen LogP contribution in [0.1, 0.15) is 11.1 Å². The zero-order chi connectivity index (χ0) is 14.0. The largest absolute Gasteiger partial charge is 0.395 e. The first kappa shape index (κ1) is 12.8. The van der Waals surface area contributed by atoms with E-state index in [9.17, 15) is 8.78 Å². The molecule has 0 aliphatic rings. The third-order valence-corrected chi connectivity index (χ3v) is 2.73. The summed E-state index contributed by atoms with van der Waals surface area (Å²) in [5.41, 5.74) is 7.39. The Morgan fingerprint density at radius 1 is 1.16 bits per heavy atom. The number of halogens is 2. The highest BCUT2D eigenvalue weighted by atomic mass is 19.1. The van der Waals surface area contributed by atoms with Gasteiger partial charge in [-0.25, -0.2) is 8.78 Å². The SMILES string of the molecule is Cc1ccc(C#N)cc1Nc1cc(F)cc(F)c1N. The van der Waals surface area contributed by atoms with Crippen LogP contribution in [0, 0.1) is 29.9 Å². The number of nitrogen functional groups attached to an aromatic ring is 1. The number of benzene rings is 2. The smallest absolute Gasteiger partial charge is 0.151 e. The first-order chi connectivity index (χ1) is 9.01. The Labute approximate surface area is 109 Å². The molecule has 0 amide bonds. The molecule has 96 valence electrons. The number of anilines is 3. The maximum atomic E-state index is 13.3. The molecule has 0 unspecified atom stereocenters. The monoisotopic (exact) mass is 259 g/mol. The zero-order valence-electron chi connectivity index (χ0n) is 10.2. The molecule has 3 N–H and O–H groups in total. The number of nitrogens with zero attached hydrogens (tertiary/aromatic N) is 1. The molecule has 2 aromatic rings. The second kappa shape index (κ2) is 4.94. The Kier molecular flexibility index (Phi) is 3.34. The van der Waals surface area contributed by atoms with E-state index < -0.39 is 11.6 Å². The Morgan fingerprint density at radius 2 is 1.89 bits per heavy atom. The van der Waals surface area contributed by atoms with Crippen molar-refractivity contribution >= 4 is 17.1 Å². The highest BCUT2D eigenvalue weighted by molar-refractivity contribution is 5.74. The predicted octanol–water partition coefficient (Wildman–Crippen LogP) is 3.47. The van der Waals surface area contributed by atoms with Gasteiger partial charge in [-0.1, -0.05) is 6.07 Å². The molecule has 0 saturated heterocycles. The molecule has 0 saturated carbocycles. The summed E-state index contributed by atoms with van der Waals surface area (Å²) < 4.78 is 26.5. The number of nitrogens with one attached hydrogen (secondary N) is 1. The standard InChI is InChI=1S/C14H11F2N3/c1-8-2-3-9(7-17)4-12(8)19-13-6-10(15)5-11(16)14(13)18/h2-6,19H,18H2,1H3. The number of hydrogen-bond donors (Lipinski definition) is 2. The minimum absolute atomic E-state index is 0.135. The van der Waals surface area contributed by atoms with Crippen molar-refractivity contribution in [2.45, 2.75) is 6.92 Å². The Bertz CT molecular complexity index is 675. The molecule has 0 aliphatic carbocycles. The van der Waals surface area contributed by atoms with Gasteiger partial charge in [0.05, 0.1) is 23.0 Å². The van der Waals surface area contributed by atoms with Crippen molar-refractivity contribution in [3.63, 3.8) is 0 Å². The molecular weight excluding hydrogens is 248 g/mol. The van der Waals surface area contributed by atoms with E-state index in [0.29, 0.717) is 11.3 Å². The van der Waals surface area contributed by atoms with Crippen molar-refractivity contribution in [2.24, 2.45) is 0 Å². The van der Waals surface area contributed by atoms with E-state index in [1.807, 2.05) is 13.0 Å². The fraction of sp³-hybridized carbons (Fsp3) is 0.0714. The summed E-state index contributed by atoms with van der Waals surface area (Å²) in [6, 6.07) is 8.83. The molecular formula is C14H11F2N3. The number of rotatable bonds is 2. The van der Waals surface area contributed by atoms with E-state index in [-0.39, 0.29) is 11.4 Å². The van der Waals surface area contributed by atoms with Crippen LogP contribution in [0.2, 0.25) is 0 Å². The van der Waals surface area contributed by atoms with Gasteiger partial charge in [0.1, 0.15) is 5.82 Å². The minimum Gasteiger partial charge on any atom is -0.395 e. The Morgan fingerprint density at radius 3 is 2.58 bits per heavy atom. The Balaban J connectivity index is 2.44. The maximum absolute atomic E-state index is 13.3. The van der Waals surface area contributed by atoms with Crippen LogP contribution in [0.3, 0.4) is 0 Å². The molecule has 0 atom stereocenters. The molecule has 0 heterocycles. The Hall–Kier alpha value is -2.61. The summed E-state index contributed by atoms with van der Waals surface area (Å²) in [5, 5.41) is 11.7. The lowest BCUT2D eigenvalue weighted by molar-refractivity contribution is 0.587. The van der Waals surface area contributed by atoms with E-state index in [4.69, 9.17) is 11.0 Å². The molecule has 0 aromatic heterocycles. The van der Waals surface area contributed by atoms with Gasteiger partial charge in [0, 0.05) is 11.8 Å². The van der Waals surface area contributed by atoms with Gasteiger partial charge in [0.15, 0.2) is 5.82 Å². The van der Waals surface area contributed by atoms with Gasteiger partial charge < -0.3 is 11.1 Å². The van der Waals surface area contributed by atoms with Crippen LogP contribution in [0.25, 0.3) is 0 Å². The summed E-state index contributed by atoms with van der Waals surface area (Å²) in [5.74, 6) is -1.54. The van der Waals surface area contributed by atoms with Crippen molar-refractivity contribution in [3.05, 3.63) is 53.1 Å². The van der Waals surface area contributed by atoms with Gasteiger partial charge in [0.2, 0.25) is 0 Å². The van der Waals surface area contributed by atoms with Crippen LogP contribution >= 0.6 is 0 Å². The van der Waals surface area contributed by atoms with Crippen LogP contribution in [-0.2, 0) is 0 Å². The van der Waals surface area contributed by atoms with Crippen LogP contribution in [0.4, 0.5) is 25.8 Å². The predicted molar refractivity (Wildman–Crippen MR) is 69.9 cm³/mol. The van der Waals surface area contributed by atoms with Crippen molar-refractivity contribution in [3.8, 4) is 6.07 Å². The molecule has 0 fully saturated rings. The van der Waals surface area contributed by atoms with Crippen LogP contribution < -0.4 is 11.1 Å². The highest BCUT2D eigenvalue weighted by Crippen LogP contribution is 2.28. The topological polar surface area (TPSA) is 61.8 Å². The van der Waals surface area contributed by atoms with Gasteiger partial charge in [-0.3, -0.25) is 0 Å². The number of nitriles is 1. The van der Waals surface area contributed by atoms with E-state index in [1.165, 1.54) is 0 Å². The third-order valence-electron chi connectivity index (χ3n) is 2.73. The highest BCUT2D eigenvalue weighted by Gasteiger charge is 2.09. The van der Waals surface area contributed by atoms with Gasteiger partial charge in [0.25, 0.3) is 0 Å². The average Bonchev–Trinajstić information content (AvgIpc) is 2.38. The summed E-state index contributed by atoms with van der Waals surface area (Å²) in [7, 11) is 0. The lowest BCUT2D eigenvalue weighted by Crippen LogP contribution is -2.01. The summed E-state index contributed by atoms with van der Waals surface area (Å²) in [6.07, 6.45) is 0. The molecule has 2 rings (SSSR count). The minimum atomic E-state index is -0.823.